The number of amides is 1. The Morgan fingerprint density at radius 2 is 1.88 bits per heavy atom. The second-order valence-corrected chi connectivity index (χ2v) is 7.14. The third-order valence-electron chi connectivity index (χ3n) is 4.81. The molecule has 1 aromatic carbocycles. The maximum absolute atomic E-state index is 12.7. The first-order chi connectivity index (χ1) is 12.1. The summed E-state index contributed by atoms with van der Waals surface area (Å²) in [6.45, 7) is 4.25. The van der Waals surface area contributed by atoms with Crippen LogP contribution in [0, 0.1) is 0 Å². The molecule has 4 nitrogen and oxygen atoms in total. The molecule has 0 spiro atoms. The SMILES string of the molecule is CC(C)c1ccccc1NC(=O)c1cncc(NC2CCCCC2)c1. The molecule has 1 aromatic heterocycles. The van der Waals surface area contributed by atoms with E-state index in [9.17, 15) is 4.79 Å². The first-order valence-electron chi connectivity index (χ1n) is 9.25. The molecule has 2 aromatic rings. The molecule has 1 aliphatic rings. The highest BCUT2D eigenvalue weighted by atomic mass is 16.1. The van der Waals surface area contributed by atoms with Gasteiger partial charge in [0.1, 0.15) is 0 Å². The fraction of sp³-hybridized carbons (Fsp3) is 0.429. The maximum Gasteiger partial charge on any atom is 0.257 e. The van der Waals surface area contributed by atoms with Gasteiger partial charge in [-0.1, -0.05) is 51.3 Å². The van der Waals surface area contributed by atoms with Crippen LogP contribution in [-0.2, 0) is 0 Å². The van der Waals surface area contributed by atoms with Crippen LogP contribution in [0.2, 0.25) is 0 Å². The van der Waals surface area contributed by atoms with Crippen LogP contribution in [0.3, 0.4) is 0 Å². The Kier molecular flexibility index (Phi) is 5.69. The van der Waals surface area contributed by atoms with E-state index in [4.69, 9.17) is 0 Å². The van der Waals surface area contributed by atoms with Crippen molar-refractivity contribution in [3.05, 3.63) is 53.9 Å². The second kappa shape index (κ2) is 8.15. The van der Waals surface area contributed by atoms with E-state index in [-0.39, 0.29) is 5.91 Å². The van der Waals surface area contributed by atoms with E-state index in [0.717, 1.165) is 16.9 Å². The summed E-state index contributed by atoms with van der Waals surface area (Å²) < 4.78 is 0. The van der Waals surface area contributed by atoms with Crippen molar-refractivity contribution >= 4 is 17.3 Å². The lowest BCUT2D eigenvalue weighted by Gasteiger charge is -2.23. The molecule has 1 fully saturated rings. The standard InChI is InChI=1S/C21H27N3O/c1-15(2)19-10-6-7-11-20(19)24-21(25)16-12-18(14-22-13-16)23-17-8-4-3-5-9-17/h6-7,10-15,17,23H,3-5,8-9H2,1-2H3,(H,24,25). The Morgan fingerprint density at radius 1 is 1.12 bits per heavy atom. The molecular weight excluding hydrogens is 310 g/mol. The molecule has 3 rings (SSSR count). The highest BCUT2D eigenvalue weighted by molar-refractivity contribution is 6.05. The number of rotatable bonds is 5. The monoisotopic (exact) mass is 337 g/mol. The molecule has 4 heteroatoms. The van der Waals surface area contributed by atoms with Crippen molar-refractivity contribution in [2.24, 2.45) is 0 Å². The zero-order chi connectivity index (χ0) is 17.6. The third-order valence-corrected chi connectivity index (χ3v) is 4.81. The van der Waals surface area contributed by atoms with Crippen LogP contribution in [0.4, 0.5) is 11.4 Å². The van der Waals surface area contributed by atoms with Gasteiger partial charge in [0.25, 0.3) is 5.91 Å². The molecule has 132 valence electrons. The Morgan fingerprint density at radius 3 is 2.64 bits per heavy atom. The first kappa shape index (κ1) is 17.5. The number of anilines is 2. The van der Waals surface area contributed by atoms with Crippen molar-refractivity contribution in [3.8, 4) is 0 Å². The quantitative estimate of drug-likeness (QED) is 0.788. The van der Waals surface area contributed by atoms with Crippen LogP contribution in [0.15, 0.2) is 42.7 Å². The van der Waals surface area contributed by atoms with Gasteiger partial charge >= 0.3 is 0 Å². The molecule has 1 aliphatic carbocycles. The molecule has 1 heterocycles. The van der Waals surface area contributed by atoms with E-state index in [0.29, 0.717) is 17.5 Å². The fourth-order valence-electron chi connectivity index (χ4n) is 3.43. The fourth-order valence-corrected chi connectivity index (χ4v) is 3.43. The lowest BCUT2D eigenvalue weighted by Crippen LogP contribution is -2.22. The van der Waals surface area contributed by atoms with Gasteiger partial charge in [-0.2, -0.15) is 0 Å². The topological polar surface area (TPSA) is 54.0 Å². The molecule has 0 radical (unpaired) electrons. The second-order valence-electron chi connectivity index (χ2n) is 7.14. The van der Waals surface area contributed by atoms with Crippen molar-refractivity contribution < 1.29 is 4.79 Å². The average Bonchev–Trinajstić information content (AvgIpc) is 2.63. The van der Waals surface area contributed by atoms with Gasteiger partial charge < -0.3 is 10.6 Å². The number of carbonyl (C=O) groups excluding carboxylic acids is 1. The minimum atomic E-state index is -0.118. The van der Waals surface area contributed by atoms with Crippen molar-refractivity contribution in [2.75, 3.05) is 10.6 Å². The summed E-state index contributed by atoms with van der Waals surface area (Å²) in [6, 6.07) is 10.3. The molecule has 1 saturated carbocycles. The minimum Gasteiger partial charge on any atom is -0.381 e. The van der Waals surface area contributed by atoms with Gasteiger partial charge in [0.2, 0.25) is 0 Å². The summed E-state index contributed by atoms with van der Waals surface area (Å²) in [5, 5.41) is 6.56. The number of benzene rings is 1. The van der Waals surface area contributed by atoms with Gasteiger partial charge in [0, 0.05) is 24.1 Å². The van der Waals surface area contributed by atoms with Crippen LogP contribution in [0.1, 0.15) is 67.8 Å². The summed E-state index contributed by atoms with van der Waals surface area (Å²) in [5.41, 5.74) is 3.52. The number of nitrogens with zero attached hydrogens (tertiary/aromatic N) is 1. The summed E-state index contributed by atoms with van der Waals surface area (Å²) in [7, 11) is 0. The van der Waals surface area contributed by atoms with Gasteiger partial charge in [-0.25, -0.2) is 0 Å². The molecule has 2 N–H and O–H groups in total. The van der Waals surface area contributed by atoms with Crippen molar-refractivity contribution in [1.29, 1.82) is 0 Å². The molecule has 0 bridgehead atoms. The van der Waals surface area contributed by atoms with Crippen molar-refractivity contribution in [2.45, 2.75) is 57.9 Å². The molecular formula is C21H27N3O. The van der Waals surface area contributed by atoms with Gasteiger partial charge in [-0.3, -0.25) is 9.78 Å². The summed E-state index contributed by atoms with van der Waals surface area (Å²) >= 11 is 0. The van der Waals surface area contributed by atoms with Crippen LogP contribution in [0.5, 0.6) is 0 Å². The predicted molar refractivity (Wildman–Crippen MR) is 103 cm³/mol. The Labute approximate surface area is 150 Å². The van der Waals surface area contributed by atoms with Crippen LogP contribution in [-0.4, -0.2) is 16.9 Å². The van der Waals surface area contributed by atoms with Crippen LogP contribution < -0.4 is 10.6 Å². The van der Waals surface area contributed by atoms with Crippen molar-refractivity contribution in [3.63, 3.8) is 0 Å². The van der Waals surface area contributed by atoms with E-state index in [1.165, 1.54) is 32.1 Å². The first-order valence-corrected chi connectivity index (χ1v) is 9.25. The predicted octanol–water partition coefficient (Wildman–Crippen LogP) is 5.20. The van der Waals surface area contributed by atoms with Gasteiger partial charge in [-0.15, -0.1) is 0 Å². The number of para-hydroxylation sites is 1. The van der Waals surface area contributed by atoms with Gasteiger partial charge in [0.15, 0.2) is 0 Å². The molecule has 0 saturated heterocycles. The third kappa shape index (κ3) is 4.59. The van der Waals surface area contributed by atoms with Crippen LogP contribution >= 0.6 is 0 Å². The van der Waals surface area contributed by atoms with E-state index in [2.05, 4.69) is 35.5 Å². The van der Waals surface area contributed by atoms with Gasteiger partial charge in [0.05, 0.1) is 11.3 Å². The Balaban J connectivity index is 1.71. The molecule has 25 heavy (non-hydrogen) atoms. The Bertz CT molecular complexity index is 721. The molecule has 1 amide bonds. The average molecular weight is 337 g/mol. The number of hydrogen-bond donors (Lipinski definition) is 2. The van der Waals surface area contributed by atoms with E-state index >= 15 is 0 Å². The highest BCUT2D eigenvalue weighted by Gasteiger charge is 2.15. The van der Waals surface area contributed by atoms with E-state index in [1.54, 1.807) is 12.4 Å². The number of carbonyl (C=O) groups is 1. The lowest BCUT2D eigenvalue weighted by atomic mass is 9.95. The largest absolute Gasteiger partial charge is 0.381 e. The highest BCUT2D eigenvalue weighted by Crippen LogP contribution is 2.25. The minimum absolute atomic E-state index is 0.118. The number of aromatic nitrogens is 1. The lowest BCUT2D eigenvalue weighted by molar-refractivity contribution is 0.102. The zero-order valence-electron chi connectivity index (χ0n) is 15.1. The smallest absolute Gasteiger partial charge is 0.257 e. The Hall–Kier alpha value is -2.36. The van der Waals surface area contributed by atoms with E-state index in [1.807, 2.05) is 24.3 Å². The summed E-state index contributed by atoms with van der Waals surface area (Å²) in [4.78, 5) is 16.9. The van der Waals surface area contributed by atoms with Crippen LogP contribution in [0.25, 0.3) is 0 Å². The number of hydrogen-bond acceptors (Lipinski definition) is 3. The summed E-state index contributed by atoms with van der Waals surface area (Å²) in [6.07, 6.45) is 9.69. The number of nitrogens with one attached hydrogen (secondary N) is 2. The van der Waals surface area contributed by atoms with Crippen molar-refractivity contribution in [1.82, 2.24) is 4.98 Å². The van der Waals surface area contributed by atoms with Gasteiger partial charge in [-0.05, 0) is 36.5 Å². The zero-order valence-corrected chi connectivity index (χ0v) is 15.1. The summed E-state index contributed by atoms with van der Waals surface area (Å²) in [5.74, 6) is 0.238. The number of pyridine rings is 1. The molecule has 0 atom stereocenters. The molecule has 0 aliphatic heterocycles. The maximum atomic E-state index is 12.7. The molecule has 0 unspecified atom stereocenters. The normalized spacial score (nSPS) is 15.2. The van der Waals surface area contributed by atoms with E-state index < -0.39 is 0 Å².